The van der Waals surface area contributed by atoms with Gasteiger partial charge in [0.15, 0.2) is 6.61 Å². The molecule has 32 heavy (non-hydrogen) atoms. The van der Waals surface area contributed by atoms with E-state index in [9.17, 15) is 19.7 Å². The van der Waals surface area contributed by atoms with Crippen LogP contribution in [0.2, 0.25) is 0 Å². The van der Waals surface area contributed by atoms with E-state index >= 15 is 0 Å². The van der Waals surface area contributed by atoms with Gasteiger partial charge in [-0.3, -0.25) is 14.9 Å². The molecule has 0 heterocycles. The highest BCUT2D eigenvalue weighted by Crippen LogP contribution is 2.28. The van der Waals surface area contributed by atoms with Crippen LogP contribution in [0.15, 0.2) is 72.8 Å². The first-order chi connectivity index (χ1) is 15.5. The maximum atomic E-state index is 12.2. The van der Waals surface area contributed by atoms with Crippen LogP contribution in [-0.2, 0) is 16.1 Å². The van der Waals surface area contributed by atoms with E-state index in [-0.39, 0.29) is 22.7 Å². The quantitative estimate of drug-likeness (QED) is 0.306. The zero-order valence-corrected chi connectivity index (χ0v) is 17.1. The van der Waals surface area contributed by atoms with Crippen molar-refractivity contribution >= 4 is 23.3 Å². The number of esters is 1. The van der Waals surface area contributed by atoms with Gasteiger partial charge in [-0.2, -0.15) is 0 Å². The normalized spacial score (nSPS) is 10.2. The third-order valence-corrected chi connectivity index (χ3v) is 4.34. The van der Waals surface area contributed by atoms with Crippen LogP contribution in [0.3, 0.4) is 0 Å². The molecule has 0 aliphatic rings. The number of rotatable bonds is 9. The van der Waals surface area contributed by atoms with E-state index in [1.54, 1.807) is 24.3 Å². The summed E-state index contributed by atoms with van der Waals surface area (Å²) in [6.07, 6.45) is 0. The molecule has 9 heteroatoms. The van der Waals surface area contributed by atoms with Gasteiger partial charge in [0.05, 0.1) is 29.4 Å². The van der Waals surface area contributed by atoms with Gasteiger partial charge in [-0.25, -0.2) is 4.79 Å². The van der Waals surface area contributed by atoms with Crippen molar-refractivity contribution < 1.29 is 28.7 Å². The molecular weight excluding hydrogens is 416 g/mol. The largest absolute Gasteiger partial charge is 0.494 e. The van der Waals surface area contributed by atoms with Crippen LogP contribution in [0.1, 0.15) is 15.9 Å². The summed E-state index contributed by atoms with van der Waals surface area (Å²) in [4.78, 5) is 34.6. The number of ether oxygens (including phenoxy) is 3. The van der Waals surface area contributed by atoms with Crippen molar-refractivity contribution in [3.63, 3.8) is 0 Å². The van der Waals surface area contributed by atoms with Gasteiger partial charge in [0, 0.05) is 6.07 Å². The topological polar surface area (TPSA) is 117 Å². The highest BCUT2D eigenvalue weighted by Gasteiger charge is 2.15. The van der Waals surface area contributed by atoms with Crippen molar-refractivity contribution in [2.75, 3.05) is 19.0 Å². The number of anilines is 1. The first kappa shape index (κ1) is 22.3. The molecule has 0 atom stereocenters. The average molecular weight is 436 g/mol. The van der Waals surface area contributed by atoms with E-state index in [1.165, 1.54) is 25.3 Å². The van der Waals surface area contributed by atoms with Gasteiger partial charge in [-0.05, 0) is 35.9 Å². The Hall–Kier alpha value is -4.40. The predicted molar refractivity (Wildman–Crippen MR) is 116 cm³/mol. The number of nitro benzene ring substituents is 1. The second-order valence-corrected chi connectivity index (χ2v) is 6.56. The molecule has 1 N–H and O–H groups in total. The third kappa shape index (κ3) is 6.05. The number of carbonyl (C=O) groups excluding carboxylic acids is 2. The Morgan fingerprint density at radius 2 is 1.72 bits per heavy atom. The van der Waals surface area contributed by atoms with Crippen LogP contribution in [0.5, 0.6) is 11.5 Å². The molecule has 0 aliphatic carbocycles. The van der Waals surface area contributed by atoms with Crippen molar-refractivity contribution in [1.29, 1.82) is 0 Å². The number of nitro groups is 1. The minimum atomic E-state index is -0.676. The van der Waals surface area contributed by atoms with E-state index in [2.05, 4.69) is 5.32 Å². The lowest BCUT2D eigenvalue weighted by Gasteiger charge is -2.10. The second kappa shape index (κ2) is 10.6. The maximum absolute atomic E-state index is 12.2. The Balaban J connectivity index is 1.50. The predicted octanol–water partition coefficient (Wildman–Crippen LogP) is 3.98. The average Bonchev–Trinajstić information content (AvgIpc) is 2.82. The standard InChI is InChI=1S/C23H20N2O7/c1-30-21-13-18(25(28)29)9-12-20(21)24-22(26)15-32-23(27)17-7-10-19(11-8-17)31-14-16-5-3-2-4-6-16/h2-13H,14-15H2,1H3,(H,24,26). The first-order valence-corrected chi connectivity index (χ1v) is 9.52. The Kier molecular flexibility index (Phi) is 7.37. The Morgan fingerprint density at radius 1 is 1.00 bits per heavy atom. The van der Waals surface area contributed by atoms with E-state index in [4.69, 9.17) is 14.2 Å². The smallest absolute Gasteiger partial charge is 0.338 e. The van der Waals surface area contributed by atoms with Gasteiger partial charge in [0.2, 0.25) is 0 Å². The van der Waals surface area contributed by atoms with Crippen LogP contribution in [0.25, 0.3) is 0 Å². The van der Waals surface area contributed by atoms with E-state index < -0.39 is 23.4 Å². The molecule has 1 amide bonds. The van der Waals surface area contributed by atoms with Crippen molar-refractivity contribution in [3.8, 4) is 11.5 Å². The highest BCUT2D eigenvalue weighted by molar-refractivity contribution is 5.96. The second-order valence-electron chi connectivity index (χ2n) is 6.56. The monoisotopic (exact) mass is 436 g/mol. The number of methoxy groups -OCH3 is 1. The van der Waals surface area contributed by atoms with Gasteiger partial charge in [0.1, 0.15) is 18.1 Å². The minimum Gasteiger partial charge on any atom is -0.494 e. The molecule has 0 radical (unpaired) electrons. The molecule has 3 aromatic carbocycles. The Labute approximate surface area is 183 Å². The summed E-state index contributed by atoms with van der Waals surface area (Å²) in [6, 6.07) is 19.8. The zero-order valence-electron chi connectivity index (χ0n) is 17.1. The van der Waals surface area contributed by atoms with E-state index in [1.807, 2.05) is 30.3 Å². The lowest BCUT2D eigenvalue weighted by Crippen LogP contribution is -2.21. The lowest BCUT2D eigenvalue weighted by atomic mass is 10.2. The molecule has 0 fully saturated rings. The summed E-state index contributed by atoms with van der Waals surface area (Å²) in [7, 11) is 1.32. The molecule has 0 bridgehead atoms. The summed E-state index contributed by atoms with van der Waals surface area (Å²) < 4.78 is 15.7. The van der Waals surface area contributed by atoms with E-state index in [0.717, 1.165) is 5.56 Å². The lowest BCUT2D eigenvalue weighted by molar-refractivity contribution is -0.384. The fraction of sp³-hybridized carbons (Fsp3) is 0.130. The molecule has 0 saturated carbocycles. The molecule has 0 spiro atoms. The molecule has 9 nitrogen and oxygen atoms in total. The summed E-state index contributed by atoms with van der Waals surface area (Å²) in [6.45, 7) is -0.137. The van der Waals surface area contributed by atoms with E-state index in [0.29, 0.717) is 12.4 Å². The van der Waals surface area contributed by atoms with Crippen LogP contribution < -0.4 is 14.8 Å². The van der Waals surface area contributed by atoms with Gasteiger partial charge in [0.25, 0.3) is 11.6 Å². The van der Waals surface area contributed by atoms with Crippen LogP contribution >= 0.6 is 0 Å². The number of non-ortho nitro benzene ring substituents is 1. The molecule has 164 valence electrons. The summed E-state index contributed by atoms with van der Waals surface area (Å²) in [5.74, 6) is -0.586. The Morgan fingerprint density at radius 3 is 2.38 bits per heavy atom. The molecule has 3 rings (SSSR count). The molecule has 0 aromatic heterocycles. The molecule has 3 aromatic rings. The third-order valence-electron chi connectivity index (χ3n) is 4.34. The van der Waals surface area contributed by atoms with Gasteiger partial charge in [-0.1, -0.05) is 30.3 Å². The number of hydrogen-bond donors (Lipinski definition) is 1. The maximum Gasteiger partial charge on any atom is 0.338 e. The van der Waals surface area contributed by atoms with Gasteiger partial charge >= 0.3 is 5.97 Å². The highest BCUT2D eigenvalue weighted by atomic mass is 16.6. The number of amides is 1. The molecule has 0 unspecified atom stereocenters. The minimum absolute atomic E-state index is 0.116. The zero-order chi connectivity index (χ0) is 22.9. The van der Waals surface area contributed by atoms with Gasteiger partial charge < -0.3 is 19.5 Å². The number of benzene rings is 3. The molecule has 0 aliphatic heterocycles. The number of carbonyl (C=O) groups is 2. The summed E-state index contributed by atoms with van der Waals surface area (Å²) in [5.41, 5.74) is 1.32. The fourth-order valence-corrected chi connectivity index (χ4v) is 2.73. The van der Waals surface area contributed by atoms with Gasteiger partial charge in [-0.15, -0.1) is 0 Å². The number of nitrogens with one attached hydrogen (secondary N) is 1. The molecule has 0 saturated heterocycles. The fourth-order valence-electron chi connectivity index (χ4n) is 2.73. The molecular formula is C23H20N2O7. The Bertz CT molecular complexity index is 1100. The van der Waals surface area contributed by atoms with Crippen molar-refractivity contribution in [2.24, 2.45) is 0 Å². The van der Waals surface area contributed by atoms with Crippen molar-refractivity contribution in [1.82, 2.24) is 0 Å². The van der Waals surface area contributed by atoms with Crippen LogP contribution in [0.4, 0.5) is 11.4 Å². The van der Waals surface area contributed by atoms with Crippen molar-refractivity contribution in [3.05, 3.63) is 94.0 Å². The number of hydrogen-bond acceptors (Lipinski definition) is 7. The van der Waals surface area contributed by atoms with Crippen LogP contribution in [-0.4, -0.2) is 30.5 Å². The SMILES string of the molecule is COc1cc([N+](=O)[O-])ccc1NC(=O)COC(=O)c1ccc(OCc2ccccc2)cc1. The first-order valence-electron chi connectivity index (χ1n) is 9.52. The summed E-state index contributed by atoms with van der Waals surface area (Å²) >= 11 is 0. The number of nitrogens with zero attached hydrogens (tertiary/aromatic N) is 1. The van der Waals surface area contributed by atoms with Crippen LogP contribution in [0, 0.1) is 10.1 Å². The summed E-state index contributed by atoms with van der Waals surface area (Å²) in [5, 5.41) is 13.3. The van der Waals surface area contributed by atoms with Crippen molar-refractivity contribution in [2.45, 2.75) is 6.61 Å².